The Morgan fingerprint density at radius 3 is 2.23 bits per heavy atom. The van der Waals surface area contributed by atoms with Gasteiger partial charge in [-0.1, -0.05) is 11.6 Å². The second-order valence-corrected chi connectivity index (χ2v) is 9.34. The summed E-state index contributed by atoms with van der Waals surface area (Å²) in [6, 6.07) is -2.09. The number of hydrogen-bond acceptors (Lipinski definition) is 10. The number of hydrogen-bond donors (Lipinski definition) is 1. The van der Waals surface area contributed by atoms with Crippen molar-refractivity contribution in [1.29, 1.82) is 0 Å². The number of carbonyl (C=O) groups excluding carboxylic acids is 4. The number of H-pyrrole nitrogens is 1. The molecule has 4 atom stereocenters. The fourth-order valence-electron chi connectivity index (χ4n) is 4.00. The van der Waals surface area contributed by atoms with E-state index in [0.29, 0.717) is 16.6 Å². The number of aromatic amines is 1. The summed E-state index contributed by atoms with van der Waals surface area (Å²) in [5.41, 5.74) is 0.261. The third-order valence-electron chi connectivity index (χ3n) is 5.10. The Morgan fingerprint density at radius 2 is 1.66 bits per heavy atom. The maximum Gasteiger partial charge on any atom is 0.411 e. The van der Waals surface area contributed by atoms with Crippen LogP contribution < -0.4 is 0 Å². The van der Waals surface area contributed by atoms with E-state index in [1.807, 2.05) is 0 Å². The highest BCUT2D eigenvalue weighted by Gasteiger charge is 2.57. The van der Waals surface area contributed by atoms with Gasteiger partial charge in [0.2, 0.25) is 0 Å². The Morgan fingerprint density at radius 1 is 1.03 bits per heavy atom. The minimum absolute atomic E-state index is 0.139. The van der Waals surface area contributed by atoms with Crippen molar-refractivity contribution in [2.24, 2.45) is 0 Å². The van der Waals surface area contributed by atoms with Gasteiger partial charge in [0.15, 0.2) is 17.4 Å². The van der Waals surface area contributed by atoms with Crippen LogP contribution in [0.15, 0.2) is 12.5 Å². The van der Waals surface area contributed by atoms with Gasteiger partial charge in [-0.2, -0.15) is 0 Å². The molecule has 0 spiro atoms. The van der Waals surface area contributed by atoms with Crippen LogP contribution in [-0.4, -0.2) is 74.3 Å². The summed E-state index contributed by atoms with van der Waals surface area (Å²) in [5, 5.41) is 0.139. The zero-order chi connectivity index (χ0) is 26.1. The van der Waals surface area contributed by atoms with Crippen molar-refractivity contribution in [3.05, 3.63) is 23.2 Å². The zero-order valence-corrected chi connectivity index (χ0v) is 20.9. The van der Waals surface area contributed by atoms with E-state index in [4.69, 9.17) is 30.5 Å². The van der Waals surface area contributed by atoms with Crippen LogP contribution in [0, 0.1) is 0 Å². The summed E-state index contributed by atoms with van der Waals surface area (Å²) in [6.45, 7) is 8.27. The van der Waals surface area contributed by atoms with Gasteiger partial charge < -0.3 is 23.9 Å². The van der Waals surface area contributed by atoms with Crippen molar-refractivity contribution >= 4 is 46.6 Å². The topological polar surface area (TPSA) is 150 Å². The van der Waals surface area contributed by atoms with Gasteiger partial charge in [0.25, 0.3) is 0 Å². The minimum atomic E-state index is -1.18. The predicted molar refractivity (Wildman–Crippen MR) is 121 cm³/mol. The van der Waals surface area contributed by atoms with Gasteiger partial charge in [-0.25, -0.2) is 14.8 Å². The highest BCUT2D eigenvalue weighted by Crippen LogP contribution is 2.43. The van der Waals surface area contributed by atoms with Crippen LogP contribution in [0.3, 0.4) is 0 Å². The minimum Gasteiger partial charge on any atom is -0.464 e. The summed E-state index contributed by atoms with van der Waals surface area (Å²) >= 11 is 6.19. The number of nitrogens with one attached hydrogen (secondary N) is 1. The molecule has 1 fully saturated rings. The Labute approximate surface area is 206 Å². The summed E-state index contributed by atoms with van der Waals surface area (Å²) in [6.07, 6.45) is -0.383. The van der Waals surface area contributed by atoms with Gasteiger partial charge in [-0.05, 0) is 20.8 Å². The van der Waals surface area contributed by atoms with Crippen LogP contribution in [0.2, 0.25) is 5.15 Å². The third kappa shape index (κ3) is 5.81. The first-order chi connectivity index (χ1) is 16.3. The lowest BCUT2D eigenvalue weighted by atomic mass is 10.0. The molecular weight excluding hydrogens is 484 g/mol. The Kier molecular flexibility index (Phi) is 7.53. The van der Waals surface area contributed by atoms with Crippen LogP contribution in [-0.2, 0) is 33.3 Å². The number of fused-ring (bicyclic) bond motifs is 1. The number of rotatable bonds is 5. The van der Waals surface area contributed by atoms with Crippen molar-refractivity contribution in [2.45, 2.75) is 71.4 Å². The van der Waals surface area contributed by atoms with Gasteiger partial charge in [0.05, 0.1) is 5.52 Å². The molecule has 13 heteroatoms. The fraction of sp³-hybridized carbons (Fsp3) is 0.545. The molecule has 3 rings (SSSR count). The van der Waals surface area contributed by atoms with E-state index in [0.717, 1.165) is 0 Å². The van der Waals surface area contributed by atoms with Crippen molar-refractivity contribution in [3.8, 4) is 0 Å². The number of amides is 1. The smallest absolute Gasteiger partial charge is 0.411 e. The number of halogens is 1. The maximum atomic E-state index is 13.5. The first-order valence-corrected chi connectivity index (χ1v) is 11.1. The molecule has 0 unspecified atom stereocenters. The average molecular weight is 511 g/mol. The number of esters is 3. The maximum absolute atomic E-state index is 13.5. The number of carbonyl (C=O) groups is 4. The second-order valence-electron chi connectivity index (χ2n) is 8.98. The highest BCUT2D eigenvalue weighted by molar-refractivity contribution is 6.33. The summed E-state index contributed by atoms with van der Waals surface area (Å²) in [4.78, 5) is 61.7. The number of likely N-dealkylation sites (tertiary alicyclic amines) is 1. The summed E-state index contributed by atoms with van der Waals surface area (Å²) in [7, 11) is 0. The normalized spacial score (nSPS) is 22.1. The fourth-order valence-corrected chi connectivity index (χ4v) is 4.19. The van der Waals surface area contributed by atoms with E-state index in [1.165, 1.54) is 32.0 Å². The van der Waals surface area contributed by atoms with E-state index < -0.39 is 53.9 Å². The molecule has 1 saturated heterocycles. The molecule has 1 N–H and O–H groups in total. The molecule has 0 radical (unpaired) electrons. The molecule has 1 amide bonds. The Hall–Kier alpha value is -3.41. The van der Waals surface area contributed by atoms with Gasteiger partial charge in [-0.15, -0.1) is 0 Å². The van der Waals surface area contributed by atoms with Gasteiger partial charge in [0, 0.05) is 32.5 Å². The highest BCUT2D eigenvalue weighted by atomic mass is 35.5. The number of aromatic nitrogens is 3. The first kappa shape index (κ1) is 26.2. The number of ether oxygens (including phenoxy) is 4. The van der Waals surface area contributed by atoms with Crippen LogP contribution in [0.25, 0.3) is 11.0 Å². The zero-order valence-electron chi connectivity index (χ0n) is 20.2. The average Bonchev–Trinajstić information content (AvgIpc) is 3.25. The van der Waals surface area contributed by atoms with E-state index in [1.54, 1.807) is 27.0 Å². The molecule has 190 valence electrons. The molecule has 2 aromatic rings. The van der Waals surface area contributed by atoms with E-state index in [-0.39, 0.29) is 11.8 Å². The molecular formula is C22H27ClN4O8. The quantitative estimate of drug-likeness (QED) is 0.361. The molecule has 0 saturated carbocycles. The van der Waals surface area contributed by atoms with Crippen molar-refractivity contribution in [3.63, 3.8) is 0 Å². The molecule has 3 heterocycles. The van der Waals surface area contributed by atoms with Gasteiger partial charge >= 0.3 is 24.0 Å². The standard InChI is InChI=1S/C22H27ClN4O8/c1-10(28)32-8-14-18(33-11(2)29)19(34-12(3)30)17(27(14)21(31)35-22(4,5)6)13-7-24-16-15(13)25-9-26-20(16)23/h7,9,14,17-19,24H,8H2,1-6H3/t14-,17+,18-,19-/m1/s1. The van der Waals surface area contributed by atoms with Crippen molar-refractivity contribution in [1.82, 2.24) is 19.9 Å². The molecule has 1 aliphatic heterocycles. The van der Waals surface area contributed by atoms with Crippen molar-refractivity contribution < 1.29 is 38.1 Å². The van der Waals surface area contributed by atoms with E-state index >= 15 is 0 Å². The molecule has 0 bridgehead atoms. The Balaban J connectivity index is 2.23. The molecule has 1 aliphatic rings. The van der Waals surface area contributed by atoms with Crippen LogP contribution in [0.1, 0.15) is 53.1 Å². The molecule has 12 nitrogen and oxygen atoms in total. The largest absolute Gasteiger partial charge is 0.464 e. The van der Waals surface area contributed by atoms with E-state index in [9.17, 15) is 19.2 Å². The van der Waals surface area contributed by atoms with Crippen LogP contribution in [0.4, 0.5) is 4.79 Å². The lowest BCUT2D eigenvalue weighted by molar-refractivity contribution is -0.165. The van der Waals surface area contributed by atoms with Gasteiger partial charge in [-0.3, -0.25) is 19.3 Å². The predicted octanol–water partition coefficient (Wildman–Crippen LogP) is 2.70. The summed E-state index contributed by atoms with van der Waals surface area (Å²) in [5.74, 6) is -1.98. The molecule has 0 aliphatic carbocycles. The first-order valence-electron chi connectivity index (χ1n) is 10.8. The lowest BCUT2D eigenvalue weighted by Gasteiger charge is -2.32. The Bertz CT molecular complexity index is 1140. The third-order valence-corrected chi connectivity index (χ3v) is 5.39. The van der Waals surface area contributed by atoms with E-state index in [2.05, 4.69) is 15.0 Å². The molecule has 0 aromatic carbocycles. The monoisotopic (exact) mass is 510 g/mol. The van der Waals surface area contributed by atoms with Gasteiger partial charge in [0.1, 0.15) is 36.1 Å². The lowest BCUT2D eigenvalue weighted by Crippen LogP contribution is -2.47. The molecule has 2 aromatic heterocycles. The second kappa shape index (κ2) is 10.1. The SMILES string of the molecule is CC(=O)OC[C@@H]1[C@@H](OC(C)=O)[C@H](OC(C)=O)[C@H](c2c[nH]c3c(Cl)ncnc23)N1C(=O)OC(C)(C)C. The number of nitrogens with zero attached hydrogens (tertiary/aromatic N) is 3. The van der Waals surface area contributed by atoms with Crippen molar-refractivity contribution in [2.75, 3.05) is 6.61 Å². The van der Waals surface area contributed by atoms with Crippen LogP contribution in [0.5, 0.6) is 0 Å². The van der Waals surface area contributed by atoms with Crippen LogP contribution >= 0.6 is 11.6 Å². The molecule has 35 heavy (non-hydrogen) atoms. The summed E-state index contributed by atoms with van der Waals surface area (Å²) < 4.78 is 21.9.